The van der Waals surface area contributed by atoms with Gasteiger partial charge in [0.25, 0.3) is 5.91 Å². The van der Waals surface area contributed by atoms with Crippen molar-refractivity contribution < 1.29 is 9.59 Å². The van der Waals surface area contributed by atoms with Crippen LogP contribution in [0.2, 0.25) is 0 Å². The summed E-state index contributed by atoms with van der Waals surface area (Å²) in [4.78, 5) is 39.0. The molecule has 2 aromatic carbocycles. The second kappa shape index (κ2) is 12.4. The van der Waals surface area contributed by atoms with Crippen LogP contribution in [0.25, 0.3) is 10.8 Å². The number of nitrogens with one attached hydrogen (secondary N) is 1. The summed E-state index contributed by atoms with van der Waals surface area (Å²) in [6.45, 7) is 7.90. The van der Waals surface area contributed by atoms with E-state index < -0.39 is 0 Å². The van der Waals surface area contributed by atoms with Crippen LogP contribution in [-0.4, -0.2) is 86.0 Å². The number of benzene rings is 2. The number of pyridine rings is 1. The van der Waals surface area contributed by atoms with Crippen molar-refractivity contribution in [3.05, 3.63) is 78.1 Å². The molecule has 3 aromatic rings. The van der Waals surface area contributed by atoms with Crippen molar-refractivity contribution in [1.82, 2.24) is 20.1 Å². The van der Waals surface area contributed by atoms with E-state index in [4.69, 9.17) is 4.98 Å². The average molecular weight is 552 g/mol. The van der Waals surface area contributed by atoms with Crippen LogP contribution in [0.15, 0.2) is 61.2 Å². The number of likely N-dealkylation sites (N-methyl/N-ethyl adjacent to an activating group) is 1. The first kappa shape index (κ1) is 28.1. The molecule has 0 bridgehead atoms. The molecule has 2 aliphatic heterocycles. The van der Waals surface area contributed by atoms with Crippen LogP contribution in [0.4, 0.5) is 11.4 Å². The van der Waals surface area contributed by atoms with E-state index in [-0.39, 0.29) is 24.3 Å². The zero-order valence-electron chi connectivity index (χ0n) is 23.8. The summed E-state index contributed by atoms with van der Waals surface area (Å²) in [7, 11) is 3.94. The van der Waals surface area contributed by atoms with Crippen molar-refractivity contribution in [2.75, 3.05) is 63.2 Å². The molecule has 0 radical (unpaired) electrons. The number of nitriles is 1. The summed E-state index contributed by atoms with van der Waals surface area (Å²) in [5.74, 6) is -0.361. The van der Waals surface area contributed by atoms with Gasteiger partial charge in [0, 0.05) is 61.6 Å². The predicted octanol–water partition coefficient (Wildman–Crippen LogP) is 3.21. The predicted molar refractivity (Wildman–Crippen MR) is 162 cm³/mol. The Bertz CT molecular complexity index is 1490. The summed E-state index contributed by atoms with van der Waals surface area (Å²) in [5.41, 5.74) is 4.53. The molecular formula is C32H37N7O2. The van der Waals surface area contributed by atoms with Gasteiger partial charge in [-0.05, 0) is 44.1 Å². The third-order valence-electron chi connectivity index (χ3n) is 7.95. The van der Waals surface area contributed by atoms with Gasteiger partial charge in [-0.2, -0.15) is 5.26 Å². The van der Waals surface area contributed by atoms with Crippen molar-refractivity contribution in [2.45, 2.75) is 25.4 Å². The summed E-state index contributed by atoms with van der Waals surface area (Å²) < 4.78 is 0. The number of carbonyl (C=O) groups is 2. The molecule has 1 saturated heterocycles. The Morgan fingerprint density at radius 3 is 2.71 bits per heavy atom. The van der Waals surface area contributed by atoms with Gasteiger partial charge in [-0.1, -0.05) is 43.0 Å². The lowest BCUT2D eigenvalue weighted by Gasteiger charge is -2.43. The zero-order chi connectivity index (χ0) is 28.9. The number of carbonyl (C=O) groups excluding carboxylic acids is 2. The van der Waals surface area contributed by atoms with Crippen molar-refractivity contribution in [3.8, 4) is 6.07 Å². The Balaban J connectivity index is 1.50. The van der Waals surface area contributed by atoms with Gasteiger partial charge in [0.05, 0.1) is 30.8 Å². The molecule has 9 heteroatoms. The van der Waals surface area contributed by atoms with E-state index in [9.17, 15) is 14.9 Å². The maximum atomic E-state index is 13.3. The normalized spacial score (nSPS) is 16.8. The molecule has 2 aliphatic rings. The number of amides is 2. The lowest BCUT2D eigenvalue weighted by Crippen LogP contribution is -2.55. The van der Waals surface area contributed by atoms with Gasteiger partial charge in [0.1, 0.15) is 5.69 Å². The minimum absolute atomic E-state index is 0.159. The van der Waals surface area contributed by atoms with Gasteiger partial charge in [-0.3, -0.25) is 9.59 Å². The second-order valence-electron chi connectivity index (χ2n) is 10.9. The minimum atomic E-state index is -0.254. The first-order valence-electron chi connectivity index (χ1n) is 14.1. The van der Waals surface area contributed by atoms with E-state index in [2.05, 4.69) is 70.2 Å². The lowest BCUT2D eigenvalue weighted by atomic mass is 9.98. The highest BCUT2D eigenvalue weighted by atomic mass is 16.2. The number of anilines is 2. The summed E-state index contributed by atoms with van der Waals surface area (Å²) in [6.07, 6.45) is 2.32. The van der Waals surface area contributed by atoms with Crippen LogP contribution < -0.4 is 15.1 Å². The van der Waals surface area contributed by atoms with Crippen LogP contribution in [-0.2, 0) is 17.8 Å². The van der Waals surface area contributed by atoms with Gasteiger partial charge in [0.15, 0.2) is 0 Å². The van der Waals surface area contributed by atoms with E-state index in [1.165, 1.54) is 16.8 Å². The average Bonchev–Trinajstić information content (AvgIpc) is 2.99. The maximum absolute atomic E-state index is 13.3. The Morgan fingerprint density at radius 1 is 1.12 bits per heavy atom. The molecule has 0 unspecified atom stereocenters. The van der Waals surface area contributed by atoms with Gasteiger partial charge < -0.3 is 24.9 Å². The first-order valence-corrected chi connectivity index (χ1v) is 14.1. The van der Waals surface area contributed by atoms with Gasteiger partial charge in [-0.15, -0.1) is 0 Å². The minimum Gasteiger partial charge on any atom is -0.367 e. The monoisotopic (exact) mass is 551 g/mol. The zero-order valence-corrected chi connectivity index (χ0v) is 23.8. The standard InChI is InChI=1S/C32H37N7O2/c1-4-31(40)39-19-18-38(21-24(39)12-14-33)30-20-27(32(41)34-15-17-36(2)3)35-28-22-37(16-13-26(28)30)29-11-7-9-23-8-5-6-10-25(23)29/h4-11,20,24H,1,12-13,15-19,21-22H2,2-3H3,(H,34,41)/t24-/m0/s1. The smallest absolute Gasteiger partial charge is 0.270 e. The molecule has 1 atom stereocenters. The summed E-state index contributed by atoms with van der Waals surface area (Å²) in [5, 5.41) is 14.9. The van der Waals surface area contributed by atoms with Gasteiger partial charge in [-0.25, -0.2) is 4.98 Å². The first-order chi connectivity index (χ1) is 19.9. The fourth-order valence-corrected chi connectivity index (χ4v) is 5.85. The molecule has 0 saturated carbocycles. The highest BCUT2D eigenvalue weighted by molar-refractivity contribution is 5.95. The molecule has 1 aromatic heterocycles. The molecule has 0 spiro atoms. The molecule has 1 N–H and O–H groups in total. The SMILES string of the molecule is C=CC(=O)N1CCN(c2cc(C(=O)NCCN(C)C)nc3c2CCN(c2cccc4ccccc24)C3)C[C@@H]1CC#N. The molecule has 1 fully saturated rings. The Hall–Kier alpha value is -4.42. The van der Waals surface area contributed by atoms with Crippen molar-refractivity contribution in [1.29, 1.82) is 5.26 Å². The highest BCUT2D eigenvalue weighted by Crippen LogP contribution is 2.35. The Labute approximate surface area is 241 Å². The molecule has 2 amide bonds. The van der Waals surface area contributed by atoms with E-state index >= 15 is 0 Å². The van der Waals surface area contributed by atoms with Crippen LogP contribution >= 0.6 is 0 Å². The fraction of sp³-hybridized carbons (Fsp3) is 0.375. The summed E-state index contributed by atoms with van der Waals surface area (Å²) >= 11 is 0. The van der Waals surface area contributed by atoms with Crippen LogP contribution in [0, 0.1) is 11.3 Å². The number of rotatable bonds is 8. The second-order valence-corrected chi connectivity index (χ2v) is 10.9. The van der Waals surface area contributed by atoms with E-state index in [0.717, 1.165) is 42.1 Å². The number of hydrogen-bond donors (Lipinski definition) is 1. The number of piperazine rings is 1. The largest absolute Gasteiger partial charge is 0.367 e. The third kappa shape index (κ3) is 6.03. The van der Waals surface area contributed by atoms with Crippen LogP contribution in [0.3, 0.4) is 0 Å². The highest BCUT2D eigenvalue weighted by Gasteiger charge is 2.32. The van der Waals surface area contributed by atoms with E-state index in [1.54, 1.807) is 4.90 Å². The Morgan fingerprint density at radius 2 is 1.93 bits per heavy atom. The molecular weight excluding hydrogens is 514 g/mol. The maximum Gasteiger partial charge on any atom is 0.270 e. The topological polar surface area (TPSA) is 95.8 Å². The van der Waals surface area contributed by atoms with Crippen LogP contribution in [0.1, 0.15) is 28.2 Å². The third-order valence-corrected chi connectivity index (χ3v) is 7.95. The van der Waals surface area contributed by atoms with E-state index in [1.807, 2.05) is 25.1 Å². The molecule has 212 valence electrons. The van der Waals surface area contributed by atoms with Gasteiger partial charge in [0.2, 0.25) is 5.91 Å². The van der Waals surface area contributed by atoms with Crippen molar-refractivity contribution >= 4 is 34.0 Å². The lowest BCUT2D eigenvalue weighted by molar-refractivity contribution is -0.128. The van der Waals surface area contributed by atoms with Crippen molar-refractivity contribution in [2.24, 2.45) is 0 Å². The Kier molecular flexibility index (Phi) is 8.50. The van der Waals surface area contributed by atoms with Crippen molar-refractivity contribution in [3.63, 3.8) is 0 Å². The number of aromatic nitrogens is 1. The van der Waals surface area contributed by atoms with Crippen LogP contribution in [0.5, 0.6) is 0 Å². The molecule has 0 aliphatic carbocycles. The fourth-order valence-electron chi connectivity index (χ4n) is 5.85. The quantitative estimate of drug-likeness (QED) is 0.430. The van der Waals surface area contributed by atoms with Gasteiger partial charge >= 0.3 is 0 Å². The molecule has 9 nitrogen and oxygen atoms in total. The van der Waals surface area contributed by atoms with E-state index in [0.29, 0.717) is 38.4 Å². The molecule has 3 heterocycles. The molecule has 5 rings (SSSR count). The number of nitrogens with zero attached hydrogens (tertiary/aromatic N) is 6. The summed E-state index contributed by atoms with van der Waals surface area (Å²) in [6, 6.07) is 18.6. The molecule has 41 heavy (non-hydrogen) atoms. The number of fused-ring (bicyclic) bond motifs is 2. The number of hydrogen-bond acceptors (Lipinski definition) is 7.